The van der Waals surface area contributed by atoms with Gasteiger partial charge in [0.05, 0.1) is 6.20 Å². The number of imidazole rings is 1. The molecule has 0 atom stereocenters. The molecule has 3 aromatic rings. The maximum Gasteiger partial charge on any atom is 0.194 e. The second kappa shape index (κ2) is 4.97. The molecular weight excluding hydrogens is 256 g/mol. The summed E-state index contributed by atoms with van der Waals surface area (Å²) < 4.78 is 1.85. The van der Waals surface area contributed by atoms with Crippen molar-refractivity contribution in [3.05, 3.63) is 58.4 Å². The maximum absolute atomic E-state index is 10.9. The average Bonchev–Trinajstić information content (AvgIpc) is 2.99. The number of aryl methyl sites for hydroxylation is 1. The number of carbonyl (C=O) groups excluding carboxylic acids is 1. The van der Waals surface area contributed by atoms with Gasteiger partial charge in [-0.05, 0) is 17.5 Å². The number of rotatable bonds is 4. The first kappa shape index (κ1) is 12.1. The number of hydrogen-bond acceptors (Lipinski definition) is 3. The van der Waals surface area contributed by atoms with Gasteiger partial charge in [0, 0.05) is 17.5 Å². The van der Waals surface area contributed by atoms with Crippen molar-refractivity contribution in [1.29, 1.82) is 0 Å². The van der Waals surface area contributed by atoms with Gasteiger partial charge in [-0.3, -0.25) is 9.20 Å². The topological polar surface area (TPSA) is 34.4 Å². The Kier molecular flexibility index (Phi) is 3.17. The Balaban J connectivity index is 1.87. The summed E-state index contributed by atoms with van der Waals surface area (Å²) >= 11 is 1.63. The first-order valence-corrected chi connectivity index (χ1v) is 7.10. The van der Waals surface area contributed by atoms with Crippen molar-refractivity contribution in [3.63, 3.8) is 0 Å². The fourth-order valence-electron chi connectivity index (χ4n) is 2.11. The van der Waals surface area contributed by atoms with E-state index in [-0.39, 0.29) is 0 Å². The SMILES string of the molecule is CCc1ccc(Cc2cn3c(C=O)cnc3s2)cc1. The zero-order valence-corrected chi connectivity index (χ0v) is 11.5. The Labute approximate surface area is 115 Å². The van der Waals surface area contributed by atoms with E-state index in [2.05, 4.69) is 36.2 Å². The number of carbonyl (C=O) groups is 1. The Hall–Kier alpha value is -1.94. The van der Waals surface area contributed by atoms with Crippen molar-refractivity contribution in [2.24, 2.45) is 0 Å². The second-order valence-electron chi connectivity index (χ2n) is 4.50. The molecule has 0 aliphatic rings. The summed E-state index contributed by atoms with van der Waals surface area (Å²) in [6.45, 7) is 2.16. The van der Waals surface area contributed by atoms with Crippen LogP contribution in [-0.2, 0) is 12.8 Å². The van der Waals surface area contributed by atoms with Crippen LogP contribution in [0.2, 0.25) is 0 Å². The summed E-state index contributed by atoms with van der Waals surface area (Å²) in [5.41, 5.74) is 3.25. The van der Waals surface area contributed by atoms with Gasteiger partial charge in [0.2, 0.25) is 0 Å². The quantitative estimate of drug-likeness (QED) is 0.681. The molecule has 0 aliphatic heterocycles. The normalized spacial score (nSPS) is 11.0. The molecule has 0 aliphatic carbocycles. The third-order valence-corrected chi connectivity index (χ3v) is 4.21. The van der Waals surface area contributed by atoms with Gasteiger partial charge in [0.25, 0.3) is 0 Å². The van der Waals surface area contributed by atoms with Gasteiger partial charge in [-0.15, -0.1) is 11.3 Å². The van der Waals surface area contributed by atoms with Crippen LogP contribution in [0.25, 0.3) is 4.96 Å². The van der Waals surface area contributed by atoms with Gasteiger partial charge in [-0.25, -0.2) is 4.98 Å². The van der Waals surface area contributed by atoms with Crippen LogP contribution in [0.15, 0.2) is 36.7 Å². The number of hydrogen-bond donors (Lipinski definition) is 0. The van der Waals surface area contributed by atoms with E-state index >= 15 is 0 Å². The Morgan fingerprint density at radius 1 is 1.26 bits per heavy atom. The summed E-state index contributed by atoms with van der Waals surface area (Å²) in [5.74, 6) is 0. The molecule has 19 heavy (non-hydrogen) atoms. The van der Waals surface area contributed by atoms with Crippen LogP contribution in [-0.4, -0.2) is 15.7 Å². The Morgan fingerprint density at radius 2 is 2.00 bits per heavy atom. The minimum atomic E-state index is 0.610. The summed E-state index contributed by atoms with van der Waals surface area (Å²) in [7, 11) is 0. The molecule has 4 heteroatoms. The van der Waals surface area contributed by atoms with E-state index < -0.39 is 0 Å². The second-order valence-corrected chi connectivity index (χ2v) is 5.59. The van der Waals surface area contributed by atoms with Crippen LogP contribution in [0, 0.1) is 0 Å². The molecule has 0 amide bonds. The van der Waals surface area contributed by atoms with Crippen molar-refractivity contribution in [1.82, 2.24) is 9.38 Å². The van der Waals surface area contributed by atoms with Gasteiger partial charge in [-0.2, -0.15) is 0 Å². The van der Waals surface area contributed by atoms with Crippen molar-refractivity contribution in [3.8, 4) is 0 Å². The largest absolute Gasteiger partial charge is 0.296 e. The van der Waals surface area contributed by atoms with Crippen LogP contribution in [0.3, 0.4) is 0 Å². The molecule has 0 saturated carbocycles. The molecular formula is C15H14N2OS. The van der Waals surface area contributed by atoms with Crippen LogP contribution in [0.4, 0.5) is 0 Å². The predicted octanol–water partition coefficient (Wildman–Crippen LogP) is 3.36. The molecule has 1 aromatic carbocycles. The maximum atomic E-state index is 10.9. The highest BCUT2D eigenvalue weighted by atomic mass is 32.1. The molecule has 2 heterocycles. The number of aldehydes is 1. The highest BCUT2D eigenvalue weighted by molar-refractivity contribution is 7.17. The highest BCUT2D eigenvalue weighted by Gasteiger charge is 2.07. The number of thiazole rings is 1. The van der Waals surface area contributed by atoms with Gasteiger partial charge in [0.1, 0.15) is 5.69 Å². The van der Waals surface area contributed by atoms with E-state index in [0.29, 0.717) is 5.69 Å². The molecule has 0 unspecified atom stereocenters. The van der Waals surface area contributed by atoms with Crippen molar-refractivity contribution in [2.45, 2.75) is 19.8 Å². The lowest BCUT2D eigenvalue weighted by atomic mass is 10.1. The minimum absolute atomic E-state index is 0.610. The lowest BCUT2D eigenvalue weighted by Gasteiger charge is -2.00. The highest BCUT2D eigenvalue weighted by Crippen LogP contribution is 2.21. The molecule has 0 saturated heterocycles. The van der Waals surface area contributed by atoms with Crippen LogP contribution >= 0.6 is 11.3 Å². The summed E-state index contributed by atoms with van der Waals surface area (Å²) in [5, 5.41) is 0. The van der Waals surface area contributed by atoms with E-state index in [1.54, 1.807) is 17.5 Å². The van der Waals surface area contributed by atoms with E-state index in [4.69, 9.17) is 0 Å². The number of fused-ring (bicyclic) bond motifs is 1. The first-order valence-electron chi connectivity index (χ1n) is 6.29. The first-order chi connectivity index (χ1) is 9.30. The number of nitrogens with zero attached hydrogens (tertiary/aromatic N) is 2. The third kappa shape index (κ3) is 2.31. The molecule has 0 fully saturated rings. The van der Waals surface area contributed by atoms with Crippen molar-refractivity contribution in [2.75, 3.05) is 0 Å². The Morgan fingerprint density at radius 3 is 2.68 bits per heavy atom. The molecule has 0 spiro atoms. The molecule has 96 valence electrons. The third-order valence-electron chi connectivity index (χ3n) is 3.22. The lowest BCUT2D eigenvalue weighted by molar-refractivity contribution is 0.111. The number of aromatic nitrogens is 2. The van der Waals surface area contributed by atoms with E-state index in [1.807, 2.05) is 10.6 Å². The van der Waals surface area contributed by atoms with Gasteiger partial charge >= 0.3 is 0 Å². The zero-order chi connectivity index (χ0) is 13.2. The standard InChI is InChI=1S/C15H14N2OS/c1-2-11-3-5-12(6-4-11)7-14-9-17-13(10-18)8-16-15(17)19-14/h3-6,8-10H,2,7H2,1H3. The summed E-state index contributed by atoms with van der Waals surface area (Å²) in [4.78, 5) is 17.2. The average molecular weight is 270 g/mol. The Bertz CT molecular complexity index is 709. The fraction of sp³-hybridized carbons (Fsp3) is 0.200. The van der Waals surface area contributed by atoms with Crippen LogP contribution in [0.1, 0.15) is 33.4 Å². The number of benzene rings is 1. The summed E-state index contributed by atoms with van der Waals surface area (Å²) in [6, 6.07) is 8.68. The van der Waals surface area contributed by atoms with Gasteiger partial charge < -0.3 is 0 Å². The zero-order valence-electron chi connectivity index (χ0n) is 10.7. The molecule has 2 aromatic heterocycles. The molecule has 3 nitrogen and oxygen atoms in total. The molecule has 0 radical (unpaired) electrons. The molecule has 0 N–H and O–H groups in total. The minimum Gasteiger partial charge on any atom is -0.296 e. The van der Waals surface area contributed by atoms with Gasteiger partial charge in [-0.1, -0.05) is 31.2 Å². The monoisotopic (exact) mass is 270 g/mol. The lowest BCUT2D eigenvalue weighted by Crippen LogP contribution is -1.88. The van der Waals surface area contributed by atoms with E-state index in [0.717, 1.165) is 24.1 Å². The predicted molar refractivity (Wildman–Crippen MR) is 77.1 cm³/mol. The van der Waals surface area contributed by atoms with Crippen LogP contribution in [0.5, 0.6) is 0 Å². The molecule has 3 rings (SSSR count). The molecule has 0 bridgehead atoms. The smallest absolute Gasteiger partial charge is 0.194 e. The van der Waals surface area contributed by atoms with E-state index in [1.165, 1.54) is 16.0 Å². The van der Waals surface area contributed by atoms with Gasteiger partial charge in [0.15, 0.2) is 11.2 Å². The summed E-state index contributed by atoms with van der Waals surface area (Å²) in [6.07, 6.45) is 6.40. The van der Waals surface area contributed by atoms with Crippen LogP contribution < -0.4 is 0 Å². The fourth-order valence-corrected chi connectivity index (χ4v) is 3.11. The van der Waals surface area contributed by atoms with Crippen molar-refractivity contribution >= 4 is 22.6 Å². The van der Waals surface area contributed by atoms with Crippen molar-refractivity contribution < 1.29 is 4.79 Å². The van der Waals surface area contributed by atoms with E-state index in [9.17, 15) is 4.79 Å².